The summed E-state index contributed by atoms with van der Waals surface area (Å²) in [6, 6.07) is 16.7. The average molecular weight is 371 g/mol. The second-order valence-electron chi connectivity index (χ2n) is 6.13. The Labute approximate surface area is 153 Å². The lowest BCUT2D eigenvalue weighted by atomic mass is 9.98. The van der Waals surface area contributed by atoms with E-state index in [1.807, 2.05) is 36.4 Å². The van der Waals surface area contributed by atoms with Crippen LogP contribution in [0.4, 0.5) is 5.69 Å². The van der Waals surface area contributed by atoms with E-state index in [1.165, 1.54) is 11.9 Å². The fourth-order valence-electron chi connectivity index (χ4n) is 2.92. The number of sulfonamides is 1. The molecule has 136 valence electrons. The zero-order chi connectivity index (χ0) is 18.7. The Morgan fingerprint density at radius 2 is 1.92 bits per heavy atom. The molecule has 0 bridgehead atoms. The molecule has 1 amide bonds. The normalized spacial score (nSPS) is 17.1. The highest BCUT2D eigenvalue weighted by atomic mass is 32.2. The summed E-state index contributed by atoms with van der Waals surface area (Å²) in [5.74, 6) is -0.122. The number of nitrogens with one attached hydrogen (secondary N) is 1. The van der Waals surface area contributed by atoms with Gasteiger partial charge >= 0.3 is 0 Å². The van der Waals surface area contributed by atoms with E-state index < -0.39 is 10.0 Å². The van der Waals surface area contributed by atoms with Crippen LogP contribution in [0, 0.1) is 0 Å². The molecule has 0 saturated heterocycles. The minimum Gasteiger partial charge on any atom is -0.284 e. The maximum atomic E-state index is 12.0. The van der Waals surface area contributed by atoms with Gasteiger partial charge in [-0.1, -0.05) is 42.5 Å². The Morgan fingerprint density at radius 1 is 1.19 bits per heavy atom. The molecule has 0 aromatic heterocycles. The molecular formula is C19H21N3O3S. The van der Waals surface area contributed by atoms with Crippen molar-refractivity contribution in [1.82, 2.24) is 5.01 Å². The summed E-state index contributed by atoms with van der Waals surface area (Å²) >= 11 is 0. The number of hydrogen-bond acceptors (Lipinski definition) is 4. The Morgan fingerprint density at radius 3 is 2.58 bits per heavy atom. The highest BCUT2D eigenvalue weighted by Gasteiger charge is 2.31. The van der Waals surface area contributed by atoms with Crippen LogP contribution in [0.1, 0.15) is 37.4 Å². The monoisotopic (exact) mass is 371 g/mol. The minimum absolute atomic E-state index is 0.00632. The molecule has 1 N–H and O–H groups in total. The second kappa shape index (κ2) is 7.29. The quantitative estimate of drug-likeness (QED) is 0.877. The van der Waals surface area contributed by atoms with Crippen molar-refractivity contribution >= 4 is 27.3 Å². The van der Waals surface area contributed by atoms with Crippen molar-refractivity contribution in [2.45, 2.75) is 26.3 Å². The van der Waals surface area contributed by atoms with Crippen LogP contribution in [-0.2, 0) is 14.8 Å². The molecule has 0 saturated carbocycles. The largest absolute Gasteiger partial charge is 0.284 e. The van der Waals surface area contributed by atoms with Crippen molar-refractivity contribution in [3.63, 3.8) is 0 Å². The minimum atomic E-state index is -3.35. The van der Waals surface area contributed by atoms with Gasteiger partial charge in [0.1, 0.15) is 0 Å². The highest BCUT2D eigenvalue weighted by Crippen LogP contribution is 2.33. The Kier molecular flexibility index (Phi) is 5.08. The maximum Gasteiger partial charge on any atom is 0.240 e. The van der Waals surface area contributed by atoms with Crippen molar-refractivity contribution < 1.29 is 13.2 Å². The third-order valence-electron chi connectivity index (χ3n) is 4.27. The second-order valence-corrected chi connectivity index (χ2v) is 8.14. The number of nitrogens with zero attached hydrogens (tertiary/aromatic N) is 2. The first kappa shape index (κ1) is 18.1. The fourth-order valence-corrected chi connectivity index (χ4v) is 3.55. The molecule has 0 aliphatic carbocycles. The molecule has 2 aromatic carbocycles. The number of carbonyl (C=O) groups is 1. The van der Waals surface area contributed by atoms with Gasteiger partial charge in [-0.25, -0.2) is 13.4 Å². The number of rotatable bonds is 5. The molecule has 0 radical (unpaired) electrons. The summed E-state index contributed by atoms with van der Waals surface area (Å²) in [5, 5.41) is 5.99. The molecule has 3 rings (SSSR count). The molecule has 2 aromatic rings. The van der Waals surface area contributed by atoms with Gasteiger partial charge < -0.3 is 0 Å². The molecule has 26 heavy (non-hydrogen) atoms. The molecule has 1 aliphatic rings. The fraction of sp³-hybridized carbons (Fsp3) is 0.263. The van der Waals surface area contributed by atoms with E-state index in [0.29, 0.717) is 12.1 Å². The van der Waals surface area contributed by atoms with Crippen LogP contribution in [-0.4, -0.2) is 30.8 Å². The van der Waals surface area contributed by atoms with Crippen LogP contribution in [0.2, 0.25) is 0 Å². The molecule has 6 nitrogen and oxygen atoms in total. The number of benzene rings is 2. The van der Waals surface area contributed by atoms with Crippen molar-refractivity contribution in [3.05, 3.63) is 65.7 Å². The van der Waals surface area contributed by atoms with Crippen molar-refractivity contribution in [2.24, 2.45) is 5.10 Å². The number of carbonyl (C=O) groups excluding carboxylic acids is 1. The standard InChI is InChI=1S/C19H21N3O3S/c1-3-26(24,25)21-17-11-7-10-16(12-17)18-13-19(22(20-18)14(2)23)15-8-5-4-6-9-15/h4-12,19,21H,3,13H2,1-2H3. The van der Waals surface area contributed by atoms with Crippen LogP contribution < -0.4 is 4.72 Å². The predicted octanol–water partition coefficient (Wildman–Crippen LogP) is 3.15. The summed E-state index contributed by atoms with van der Waals surface area (Å²) in [7, 11) is -3.35. The topological polar surface area (TPSA) is 78.8 Å². The molecule has 1 aliphatic heterocycles. The first-order valence-corrected chi connectivity index (χ1v) is 10.1. The van der Waals surface area contributed by atoms with Crippen LogP contribution in [0.25, 0.3) is 0 Å². The lowest BCUT2D eigenvalue weighted by molar-refractivity contribution is -0.130. The first-order valence-electron chi connectivity index (χ1n) is 8.43. The number of amides is 1. The van der Waals surface area contributed by atoms with Gasteiger partial charge in [0.25, 0.3) is 0 Å². The lowest BCUT2D eigenvalue weighted by Gasteiger charge is -2.20. The van der Waals surface area contributed by atoms with Gasteiger partial charge in [-0.2, -0.15) is 5.10 Å². The summed E-state index contributed by atoms with van der Waals surface area (Å²) in [5.41, 5.74) is 3.06. The van der Waals surface area contributed by atoms with Gasteiger partial charge in [0.05, 0.1) is 17.5 Å². The van der Waals surface area contributed by atoms with Crippen molar-refractivity contribution in [3.8, 4) is 0 Å². The summed E-state index contributed by atoms with van der Waals surface area (Å²) in [6.45, 7) is 3.08. The summed E-state index contributed by atoms with van der Waals surface area (Å²) in [4.78, 5) is 12.0. The predicted molar refractivity (Wildman–Crippen MR) is 102 cm³/mol. The molecule has 7 heteroatoms. The first-order chi connectivity index (χ1) is 12.4. The van der Waals surface area contributed by atoms with Gasteiger partial charge in [-0.3, -0.25) is 9.52 Å². The van der Waals surface area contributed by atoms with Crippen LogP contribution in [0.3, 0.4) is 0 Å². The third kappa shape index (κ3) is 3.94. The Hall–Kier alpha value is -2.67. The zero-order valence-electron chi connectivity index (χ0n) is 14.7. The van der Waals surface area contributed by atoms with E-state index in [1.54, 1.807) is 25.1 Å². The van der Waals surface area contributed by atoms with Crippen molar-refractivity contribution in [1.29, 1.82) is 0 Å². The van der Waals surface area contributed by atoms with E-state index in [2.05, 4.69) is 9.82 Å². The molecule has 1 unspecified atom stereocenters. The Balaban J connectivity index is 1.90. The van der Waals surface area contributed by atoms with Gasteiger partial charge in [-0.05, 0) is 30.2 Å². The molecular weight excluding hydrogens is 350 g/mol. The highest BCUT2D eigenvalue weighted by molar-refractivity contribution is 7.92. The van der Waals surface area contributed by atoms with Crippen molar-refractivity contribution in [2.75, 3.05) is 10.5 Å². The van der Waals surface area contributed by atoms with Crippen LogP contribution in [0.5, 0.6) is 0 Å². The lowest BCUT2D eigenvalue weighted by Crippen LogP contribution is -2.24. The zero-order valence-corrected chi connectivity index (χ0v) is 15.5. The number of hydrogen-bond donors (Lipinski definition) is 1. The third-order valence-corrected chi connectivity index (χ3v) is 5.57. The molecule has 0 fully saturated rings. The smallest absolute Gasteiger partial charge is 0.240 e. The Bertz CT molecular complexity index is 940. The molecule has 1 heterocycles. The SMILES string of the molecule is CCS(=O)(=O)Nc1cccc(C2=NN(C(C)=O)C(c3ccccc3)C2)c1. The number of anilines is 1. The van der Waals surface area contributed by atoms with Gasteiger partial charge in [-0.15, -0.1) is 0 Å². The molecule has 1 atom stereocenters. The van der Waals surface area contributed by atoms with Crippen LogP contribution in [0.15, 0.2) is 59.7 Å². The van der Waals surface area contributed by atoms with E-state index >= 15 is 0 Å². The summed E-state index contributed by atoms with van der Waals surface area (Å²) in [6.07, 6.45) is 0.577. The van der Waals surface area contributed by atoms with Gasteiger partial charge in [0.2, 0.25) is 15.9 Å². The average Bonchev–Trinajstić information content (AvgIpc) is 3.08. The van der Waals surface area contributed by atoms with Gasteiger partial charge in [0, 0.05) is 19.0 Å². The van der Waals surface area contributed by atoms with E-state index in [-0.39, 0.29) is 17.7 Å². The van der Waals surface area contributed by atoms with Crippen LogP contribution >= 0.6 is 0 Å². The summed E-state index contributed by atoms with van der Waals surface area (Å²) < 4.78 is 26.1. The van der Waals surface area contributed by atoms with Gasteiger partial charge in [0.15, 0.2) is 0 Å². The van der Waals surface area contributed by atoms with E-state index in [9.17, 15) is 13.2 Å². The molecule has 0 spiro atoms. The van der Waals surface area contributed by atoms with E-state index in [4.69, 9.17) is 0 Å². The number of hydrazone groups is 1. The van der Waals surface area contributed by atoms with E-state index in [0.717, 1.165) is 16.8 Å². The maximum absolute atomic E-state index is 12.0.